The Morgan fingerprint density at radius 2 is 1.90 bits per heavy atom. The van der Waals surface area contributed by atoms with E-state index in [1.165, 1.54) is 36.0 Å². The standard InChI is InChI=1S/C21H16ClFN4O2S2/c22-14-3-1-13(2-4-14)17-11-30-21(25-17)31-12-18-26-20(29-27-18)10-9-19(28)24-16-7-5-15(23)6-8-16/h1-8,11H,9-10,12H2,(H,24,28). The average Bonchev–Trinajstić information content (AvgIpc) is 3.42. The zero-order valence-electron chi connectivity index (χ0n) is 16.0. The predicted octanol–water partition coefficient (Wildman–Crippen LogP) is 5.85. The topological polar surface area (TPSA) is 80.9 Å². The fraction of sp³-hybridized carbons (Fsp3) is 0.143. The van der Waals surface area contributed by atoms with Crippen molar-refractivity contribution in [2.75, 3.05) is 5.32 Å². The third-order valence-corrected chi connectivity index (χ3v) is 6.42. The number of carbonyl (C=O) groups excluding carboxylic acids is 1. The van der Waals surface area contributed by atoms with E-state index in [-0.39, 0.29) is 18.1 Å². The Kier molecular flexibility index (Phi) is 6.96. The van der Waals surface area contributed by atoms with E-state index in [4.69, 9.17) is 16.1 Å². The van der Waals surface area contributed by atoms with Gasteiger partial charge < -0.3 is 9.84 Å². The summed E-state index contributed by atoms with van der Waals surface area (Å²) in [4.78, 5) is 21.0. The molecule has 2 heterocycles. The van der Waals surface area contributed by atoms with Crippen LogP contribution in [-0.4, -0.2) is 21.0 Å². The molecule has 158 valence electrons. The first-order valence-electron chi connectivity index (χ1n) is 9.26. The van der Waals surface area contributed by atoms with E-state index < -0.39 is 0 Å². The lowest BCUT2D eigenvalue weighted by Gasteiger charge is -2.03. The molecule has 0 aliphatic rings. The van der Waals surface area contributed by atoms with Crippen molar-refractivity contribution in [3.8, 4) is 11.3 Å². The Hall–Kier alpha value is -2.75. The maximum Gasteiger partial charge on any atom is 0.227 e. The number of thiazole rings is 1. The molecule has 0 aliphatic carbocycles. The van der Waals surface area contributed by atoms with Crippen molar-refractivity contribution < 1.29 is 13.7 Å². The zero-order valence-corrected chi connectivity index (χ0v) is 18.4. The van der Waals surface area contributed by atoms with Crippen molar-refractivity contribution >= 4 is 46.3 Å². The summed E-state index contributed by atoms with van der Waals surface area (Å²) in [5.41, 5.74) is 2.44. The van der Waals surface area contributed by atoms with Gasteiger partial charge in [-0.05, 0) is 36.4 Å². The van der Waals surface area contributed by atoms with Crippen LogP contribution in [-0.2, 0) is 17.0 Å². The molecule has 4 aromatic rings. The zero-order chi connectivity index (χ0) is 21.6. The molecule has 0 radical (unpaired) electrons. The molecule has 0 saturated heterocycles. The first-order valence-corrected chi connectivity index (χ1v) is 11.5. The largest absolute Gasteiger partial charge is 0.339 e. The molecule has 2 aromatic heterocycles. The van der Waals surface area contributed by atoms with Crippen molar-refractivity contribution in [3.63, 3.8) is 0 Å². The molecular weight excluding hydrogens is 459 g/mol. The molecule has 10 heteroatoms. The van der Waals surface area contributed by atoms with Gasteiger partial charge in [-0.3, -0.25) is 4.79 Å². The quantitative estimate of drug-likeness (QED) is 0.323. The molecule has 31 heavy (non-hydrogen) atoms. The maximum atomic E-state index is 12.9. The number of hydrogen-bond donors (Lipinski definition) is 1. The molecule has 6 nitrogen and oxygen atoms in total. The van der Waals surface area contributed by atoms with E-state index in [0.29, 0.717) is 34.6 Å². The molecule has 0 unspecified atom stereocenters. The number of rotatable bonds is 8. The van der Waals surface area contributed by atoms with Gasteiger partial charge in [0, 0.05) is 34.5 Å². The third kappa shape index (κ3) is 6.13. The Bertz CT molecular complexity index is 1160. The molecule has 0 bridgehead atoms. The van der Waals surface area contributed by atoms with Crippen LogP contribution >= 0.6 is 34.7 Å². The summed E-state index contributed by atoms with van der Waals surface area (Å²) in [6, 6.07) is 13.1. The van der Waals surface area contributed by atoms with Gasteiger partial charge in [-0.15, -0.1) is 11.3 Å². The van der Waals surface area contributed by atoms with Gasteiger partial charge in [-0.2, -0.15) is 4.98 Å². The Balaban J connectivity index is 1.25. The van der Waals surface area contributed by atoms with Crippen LogP contribution in [0.1, 0.15) is 18.1 Å². The molecule has 0 fully saturated rings. The van der Waals surface area contributed by atoms with Gasteiger partial charge >= 0.3 is 0 Å². The highest BCUT2D eigenvalue weighted by Gasteiger charge is 2.12. The second-order valence-corrected chi connectivity index (χ2v) is 8.97. The molecule has 2 aromatic carbocycles. The van der Waals surface area contributed by atoms with E-state index >= 15 is 0 Å². The SMILES string of the molecule is O=C(CCc1nc(CSc2nc(-c3ccc(Cl)cc3)cs2)no1)Nc1ccc(F)cc1. The Labute approximate surface area is 190 Å². The van der Waals surface area contributed by atoms with Crippen LogP contribution in [0.25, 0.3) is 11.3 Å². The number of carbonyl (C=O) groups is 1. The molecule has 0 saturated carbocycles. The van der Waals surface area contributed by atoms with E-state index in [0.717, 1.165) is 15.6 Å². The number of hydrogen-bond acceptors (Lipinski definition) is 7. The number of aromatic nitrogens is 3. The Morgan fingerprint density at radius 1 is 1.13 bits per heavy atom. The number of amides is 1. The van der Waals surface area contributed by atoms with Crippen LogP contribution in [0, 0.1) is 5.82 Å². The normalized spacial score (nSPS) is 10.9. The number of nitrogens with one attached hydrogen (secondary N) is 1. The van der Waals surface area contributed by atoms with Crippen LogP contribution in [0.3, 0.4) is 0 Å². The third-order valence-electron chi connectivity index (χ3n) is 4.15. The minimum absolute atomic E-state index is 0.184. The first kappa shape index (κ1) is 21.5. The van der Waals surface area contributed by atoms with Crippen LogP contribution in [0.15, 0.2) is 62.8 Å². The molecule has 1 N–H and O–H groups in total. The van der Waals surface area contributed by atoms with Crippen LogP contribution in [0.4, 0.5) is 10.1 Å². The molecule has 4 rings (SSSR count). The van der Waals surface area contributed by atoms with Crippen molar-refractivity contribution in [1.29, 1.82) is 0 Å². The average molecular weight is 475 g/mol. The molecular formula is C21H16ClFN4O2S2. The summed E-state index contributed by atoms with van der Waals surface area (Å²) in [5, 5.41) is 9.34. The number of halogens is 2. The number of benzene rings is 2. The van der Waals surface area contributed by atoms with Crippen molar-refractivity contribution in [2.45, 2.75) is 22.9 Å². The van der Waals surface area contributed by atoms with Crippen LogP contribution < -0.4 is 5.32 Å². The fourth-order valence-electron chi connectivity index (χ4n) is 2.63. The Morgan fingerprint density at radius 3 is 2.68 bits per heavy atom. The summed E-state index contributed by atoms with van der Waals surface area (Å²) < 4.78 is 19.0. The van der Waals surface area contributed by atoms with Crippen molar-refractivity contribution in [3.05, 3.63) is 76.5 Å². The minimum atomic E-state index is -0.354. The molecule has 0 aliphatic heterocycles. The van der Waals surface area contributed by atoms with Crippen LogP contribution in [0.5, 0.6) is 0 Å². The molecule has 0 atom stereocenters. The summed E-state index contributed by atoms with van der Waals surface area (Å²) in [6.07, 6.45) is 0.506. The van der Waals surface area contributed by atoms with Gasteiger partial charge in [0.1, 0.15) is 5.82 Å². The van der Waals surface area contributed by atoms with Crippen LogP contribution in [0.2, 0.25) is 5.02 Å². The highest BCUT2D eigenvalue weighted by Crippen LogP contribution is 2.30. The van der Waals surface area contributed by atoms with E-state index in [9.17, 15) is 9.18 Å². The van der Waals surface area contributed by atoms with Gasteiger partial charge in [0.05, 0.1) is 11.4 Å². The van der Waals surface area contributed by atoms with Crippen molar-refractivity contribution in [2.24, 2.45) is 0 Å². The highest BCUT2D eigenvalue weighted by molar-refractivity contribution is 8.00. The monoisotopic (exact) mass is 474 g/mol. The number of aryl methyl sites for hydroxylation is 1. The highest BCUT2D eigenvalue weighted by atomic mass is 35.5. The maximum absolute atomic E-state index is 12.9. The smallest absolute Gasteiger partial charge is 0.227 e. The second-order valence-electron chi connectivity index (χ2n) is 6.45. The summed E-state index contributed by atoms with van der Waals surface area (Å²) in [7, 11) is 0. The minimum Gasteiger partial charge on any atom is -0.339 e. The lowest BCUT2D eigenvalue weighted by molar-refractivity contribution is -0.116. The second kappa shape index (κ2) is 10.0. The number of thioether (sulfide) groups is 1. The summed E-state index contributed by atoms with van der Waals surface area (Å²) >= 11 is 8.99. The number of anilines is 1. The molecule has 0 spiro atoms. The van der Waals surface area contributed by atoms with E-state index in [1.807, 2.05) is 29.6 Å². The van der Waals surface area contributed by atoms with Gasteiger partial charge in [0.15, 0.2) is 10.2 Å². The summed E-state index contributed by atoms with van der Waals surface area (Å²) in [5.74, 6) is 0.887. The number of nitrogens with zero attached hydrogens (tertiary/aromatic N) is 3. The van der Waals surface area contributed by atoms with Crippen molar-refractivity contribution in [1.82, 2.24) is 15.1 Å². The lowest BCUT2D eigenvalue weighted by atomic mass is 10.2. The first-order chi connectivity index (χ1) is 15.0. The van der Waals surface area contributed by atoms with Gasteiger partial charge in [-0.25, -0.2) is 9.37 Å². The predicted molar refractivity (Wildman–Crippen MR) is 120 cm³/mol. The van der Waals surface area contributed by atoms with E-state index in [2.05, 4.69) is 20.4 Å². The van der Waals surface area contributed by atoms with E-state index in [1.54, 1.807) is 11.3 Å². The van der Waals surface area contributed by atoms with Gasteiger partial charge in [0.2, 0.25) is 11.8 Å². The van der Waals surface area contributed by atoms with Gasteiger partial charge in [-0.1, -0.05) is 40.7 Å². The molecule has 1 amide bonds. The van der Waals surface area contributed by atoms with Gasteiger partial charge in [0.25, 0.3) is 0 Å². The lowest BCUT2D eigenvalue weighted by Crippen LogP contribution is -2.12. The fourth-order valence-corrected chi connectivity index (χ4v) is 4.43. The summed E-state index contributed by atoms with van der Waals surface area (Å²) in [6.45, 7) is 0.